The Labute approximate surface area is 185 Å². The fraction of sp³-hybridized carbons (Fsp3) is 0.524. The fourth-order valence-electron chi connectivity index (χ4n) is 3.52. The number of benzene rings is 1. The number of H-pyrrole nitrogens is 1. The van der Waals surface area contributed by atoms with E-state index in [1.807, 2.05) is 24.4 Å². The number of aromatic nitrogens is 2. The third-order valence-corrected chi connectivity index (χ3v) is 5.26. The van der Waals surface area contributed by atoms with Gasteiger partial charge in [0.25, 0.3) is 0 Å². The molecule has 7 heteroatoms. The molecule has 1 aromatic carbocycles. The van der Waals surface area contributed by atoms with Crippen molar-refractivity contribution < 1.29 is 0 Å². The molecule has 1 saturated heterocycles. The first kappa shape index (κ1) is 22.7. The number of imidazole rings is 1. The molecular formula is C21H33IN6. The number of hydrogen-bond acceptors (Lipinski definition) is 3. The highest BCUT2D eigenvalue weighted by molar-refractivity contribution is 14.0. The van der Waals surface area contributed by atoms with Gasteiger partial charge in [0.1, 0.15) is 5.82 Å². The van der Waals surface area contributed by atoms with Crippen LogP contribution in [0.4, 0.5) is 0 Å². The molecule has 28 heavy (non-hydrogen) atoms. The highest BCUT2D eigenvalue weighted by atomic mass is 127. The van der Waals surface area contributed by atoms with Gasteiger partial charge < -0.3 is 15.6 Å². The topological polar surface area (TPSA) is 68.3 Å². The molecule has 1 aliphatic rings. The predicted octanol–water partition coefficient (Wildman–Crippen LogP) is 3.62. The van der Waals surface area contributed by atoms with E-state index < -0.39 is 0 Å². The molecule has 6 nitrogen and oxygen atoms in total. The summed E-state index contributed by atoms with van der Waals surface area (Å²) in [5.41, 5.74) is 2.28. The number of piperidine rings is 1. The number of halogens is 1. The smallest absolute Gasteiger partial charge is 0.191 e. The molecule has 1 aromatic heterocycles. The number of likely N-dealkylation sites (tertiary alicyclic amines) is 1. The molecule has 0 bridgehead atoms. The summed E-state index contributed by atoms with van der Waals surface area (Å²) in [6.45, 7) is 8.45. The first-order chi connectivity index (χ1) is 13.1. The highest BCUT2D eigenvalue weighted by Crippen LogP contribution is 2.20. The summed E-state index contributed by atoms with van der Waals surface area (Å²) in [4.78, 5) is 14.8. The van der Waals surface area contributed by atoms with Crippen LogP contribution in [0.3, 0.4) is 0 Å². The second kappa shape index (κ2) is 10.8. The lowest BCUT2D eigenvalue weighted by Crippen LogP contribution is -2.54. The molecule has 0 spiro atoms. The lowest BCUT2D eigenvalue weighted by molar-refractivity contribution is 0.0982. The summed E-state index contributed by atoms with van der Waals surface area (Å²) in [6, 6.07) is 10.2. The van der Waals surface area contributed by atoms with Crippen LogP contribution >= 0.6 is 24.0 Å². The number of rotatable bonds is 6. The molecule has 0 unspecified atom stereocenters. The second-order valence-corrected chi connectivity index (χ2v) is 7.75. The van der Waals surface area contributed by atoms with Crippen molar-refractivity contribution in [1.29, 1.82) is 0 Å². The second-order valence-electron chi connectivity index (χ2n) is 7.75. The quantitative estimate of drug-likeness (QED) is 0.325. The standard InChI is InChI=1S/C21H32N6.HI/c1-21(2,27-12-8-5-9-13-27)16-25-20(22-3)24-15-19-23-14-18(26-19)17-10-6-4-7-11-17;/h4,6-7,10-11,14H,5,8-9,12-13,15-16H2,1-3H3,(H,23,26)(H2,22,24,25);1H. The monoisotopic (exact) mass is 496 g/mol. The van der Waals surface area contributed by atoms with Crippen molar-refractivity contribution in [1.82, 2.24) is 25.5 Å². The summed E-state index contributed by atoms with van der Waals surface area (Å²) in [5, 5.41) is 6.82. The van der Waals surface area contributed by atoms with Crippen molar-refractivity contribution in [2.45, 2.75) is 45.2 Å². The van der Waals surface area contributed by atoms with Crippen LogP contribution in [0.5, 0.6) is 0 Å². The minimum absolute atomic E-state index is 0. The normalized spacial score (nSPS) is 15.8. The van der Waals surface area contributed by atoms with Crippen molar-refractivity contribution in [3.63, 3.8) is 0 Å². The fourth-order valence-corrected chi connectivity index (χ4v) is 3.52. The number of aliphatic imine (C=N–C) groups is 1. The molecule has 0 saturated carbocycles. The van der Waals surface area contributed by atoms with Gasteiger partial charge >= 0.3 is 0 Å². The molecular weight excluding hydrogens is 463 g/mol. The lowest BCUT2D eigenvalue weighted by atomic mass is 9.98. The summed E-state index contributed by atoms with van der Waals surface area (Å²) >= 11 is 0. The van der Waals surface area contributed by atoms with Gasteiger partial charge in [-0.15, -0.1) is 24.0 Å². The van der Waals surface area contributed by atoms with Crippen LogP contribution < -0.4 is 10.6 Å². The van der Waals surface area contributed by atoms with Gasteiger partial charge in [0.05, 0.1) is 18.4 Å². The Morgan fingerprint density at radius 1 is 1.14 bits per heavy atom. The van der Waals surface area contributed by atoms with E-state index in [0.717, 1.165) is 29.6 Å². The van der Waals surface area contributed by atoms with Crippen LogP contribution in [-0.2, 0) is 6.54 Å². The number of aromatic amines is 1. The summed E-state index contributed by atoms with van der Waals surface area (Å²) in [7, 11) is 1.81. The Hall–Kier alpha value is -1.61. The average molecular weight is 496 g/mol. The molecule has 154 valence electrons. The van der Waals surface area contributed by atoms with Gasteiger partial charge in [0.2, 0.25) is 0 Å². The zero-order valence-electron chi connectivity index (χ0n) is 17.2. The summed E-state index contributed by atoms with van der Waals surface area (Å²) < 4.78 is 0. The predicted molar refractivity (Wildman–Crippen MR) is 127 cm³/mol. The maximum absolute atomic E-state index is 4.47. The van der Waals surface area contributed by atoms with E-state index in [-0.39, 0.29) is 29.5 Å². The Balaban J connectivity index is 0.00000280. The molecule has 2 heterocycles. The van der Waals surface area contributed by atoms with E-state index in [2.05, 4.69) is 56.5 Å². The SMILES string of the molecule is CN=C(NCc1ncc(-c2ccccc2)[nH]1)NCC(C)(C)N1CCCCC1.I. The van der Waals surface area contributed by atoms with Crippen LogP contribution in [0.2, 0.25) is 0 Å². The minimum atomic E-state index is 0. The number of guanidine groups is 1. The van der Waals surface area contributed by atoms with E-state index >= 15 is 0 Å². The Bertz CT molecular complexity index is 734. The van der Waals surface area contributed by atoms with Crippen molar-refractivity contribution in [3.8, 4) is 11.3 Å². The zero-order chi connectivity index (χ0) is 19.1. The first-order valence-electron chi connectivity index (χ1n) is 9.87. The molecule has 1 fully saturated rings. The largest absolute Gasteiger partial charge is 0.355 e. The molecule has 2 aromatic rings. The Morgan fingerprint density at radius 3 is 2.54 bits per heavy atom. The minimum Gasteiger partial charge on any atom is -0.355 e. The molecule has 0 radical (unpaired) electrons. The molecule has 1 aliphatic heterocycles. The highest BCUT2D eigenvalue weighted by Gasteiger charge is 2.27. The van der Waals surface area contributed by atoms with Gasteiger partial charge in [-0.3, -0.25) is 9.89 Å². The molecule has 0 aliphatic carbocycles. The van der Waals surface area contributed by atoms with E-state index in [0.29, 0.717) is 6.54 Å². The van der Waals surface area contributed by atoms with Crippen LogP contribution in [-0.4, -0.2) is 53.0 Å². The maximum Gasteiger partial charge on any atom is 0.191 e. The van der Waals surface area contributed by atoms with Crippen LogP contribution in [0, 0.1) is 0 Å². The van der Waals surface area contributed by atoms with Crippen LogP contribution in [0.15, 0.2) is 41.5 Å². The van der Waals surface area contributed by atoms with Crippen molar-refractivity contribution in [2.75, 3.05) is 26.7 Å². The van der Waals surface area contributed by atoms with Crippen molar-refractivity contribution >= 4 is 29.9 Å². The van der Waals surface area contributed by atoms with E-state index in [1.54, 1.807) is 7.05 Å². The number of nitrogens with zero attached hydrogens (tertiary/aromatic N) is 3. The van der Waals surface area contributed by atoms with Gasteiger partial charge in [-0.1, -0.05) is 36.8 Å². The number of hydrogen-bond donors (Lipinski definition) is 3. The molecule has 0 atom stereocenters. The third kappa shape index (κ3) is 6.20. The van der Waals surface area contributed by atoms with E-state index in [4.69, 9.17) is 0 Å². The number of nitrogens with one attached hydrogen (secondary N) is 3. The van der Waals surface area contributed by atoms with E-state index in [1.165, 1.54) is 32.4 Å². The summed E-state index contributed by atoms with van der Waals surface area (Å²) in [6.07, 6.45) is 5.84. The average Bonchev–Trinajstić information content (AvgIpc) is 3.18. The van der Waals surface area contributed by atoms with Gasteiger partial charge in [0.15, 0.2) is 5.96 Å². The van der Waals surface area contributed by atoms with Gasteiger partial charge in [-0.05, 0) is 45.3 Å². The van der Waals surface area contributed by atoms with Crippen molar-refractivity contribution in [2.24, 2.45) is 4.99 Å². The third-order valence-electron chi connectivity index (χ3n) is 5.26. The van der Waals surface area contributed by atoms with Crippen LogP contribution in [0.25, 0.3) is 11.3 Å². The molecule has 3 N–H and O–H groups in total. The van der Waals surface area contributed by atoms with Gasteiger partial charge in [-0.2, -0.15) is 0 Å². The molecule has 3 rings (SSSR count). The lowest BCUT2D eigenvalue weighted by Gasteiger charge is -2.41. The maximum atomic E-state index is 4.47. The Morgan fingerprint density at radius 2 is 1.86 bits per heavy atom. The molecule has 0 amide bonds. The summed E-state index contributed by atoms with van der Waals surface area (Å²) in [5.74, 6) is 1.70. The van der Waals surface area contributed by atoms with Crippen LogP contribution in [0.1, 0.15) is 38.9 Å². The Kier molecular flexibility index (Phi) is 8.75. The zero-order valence-corrected chi connectivity index (χ0v) is 19.5. The van der Waals surface area contributed by atoms with Crippen molar-refractivity contribution in [3.05, 3.63) is 42.4 Å². The van der Waals surface area contributed by atoms with E-state index in [9.17, 15) is 0 Å². The van der Waals surface area contributed by atoms with Gasteiger partial charge in [-0.25, -0.2) is 4.98 Å². The first-order valence-corrected chi connectivity index (χ1v) is 9.87. The van der Waals surface area contributed by atoms with Gasteiger partial charge in [0, 0.05) is 19.1 Å².